The van der Waals surface area contributed by atoms with Gasteiger partial charge in [-0.1, -0.05) is 12.5 Å². The van der Waals surface area contributed by atoms with Crippen molar-refractivity contribution < 1.29 is 31.1 Å². The number of piperidine rings is 1. The molecule has 12 heteroatoms. The summed E-state index contributed by atoms with van der Waals surface area (Å²) < 4.78 is 66.4. The molecule has 2 aromatic carbocycles. The minimum absolute atomic E-state index is 0.00197. The van der Waals surface area contributed by atoms with Gasteiger partial charge in [0, 0.05) is 31.7 Å². The third-order valence-corrected chi connectivity index (χ3v) is 10.0. The number of benzene rings is 2. The number of nitrogens with one attached hydrogen (secondary N) is 1. The number of hydrogen-bond donors (Lipinski definition) is 1. The number of carbonyl (C=O) groups excluding carboxylic acids is 1. The molecule has 2 aliphatic rings. The number of morpholine rings is 1. The standard InChI is InChI=1S/C25H33N3O7S2/c1-19(2)35-24-10-9-22(37(32,33)27-11-4-3-5-12-27)18-23(24)26-25(29)20-7-6-8-21(17-20)36(30,31)28-13-15-34-16-14-28/h6-10,17-19H,3-5,11-16H2,1-2H3,(H,26,29). The van der Waals surface area contributed by atoms with Crippen LogP contribution >= 0.6 is 0 Å². The lowest BCUT2D eigenvalue weighted by Gasteiger charge is -2.26. The van der Waals surface area contributed by atoms with Gasteiger partial charge in [-0.2, -0.15) is 8.61 Å². The number of rotatable bonds is 8. The SMILES string of the molecule is CC(C)Oc1ccc(S(=O)(=O)N2CCCCC2)cc1NC(=O)c1cccc(S(=O)(=O)N2CCOCC2)c1. The van der Waals surface area contributed by atoms with E-state index < -0.39 is 26.0 Å². The number of ether oxygens (including phenoxy) is 2. The molecule has 2 heterocycles. The maximum Gasteiger partial charge on any atom is 0.255 e. The summed E-state index contributed by atoms with van der Waals surface area (Å²) in [5, 5.41) is 2.73. The van der Waals surface area contributed by atoms with Gasteiger partial charge in [0.25, 0.3) is 5.91 Å². The van der Waals surface area contributed by atoms with Crippen molar-refractivity contribution in [1.29, 1.82) is 0 Å². The predicted molar refractivity (Wildman–Crippen MR) is 139 cm³/mol. The Morgan fingerprint density at radius 1 is 0.865 bits per heavy atom. The highest BCUT2D eigenvalue weighted by atomic mass is 32.2. The van der Waals surface area contributed by atoms with Crippen LogP contribution in [0, 0.1) is 0 Å². The number of amides is 1. The Morgan fingerprint density at radius 2 is 1.49 bits per heavy atom. The Labute approximate surface area is 218 Å². The Balaban J connectivity index is 1.62. The smallest absolute Gasteiger partial charge is 0.255 e. The van der Waals surface area contributed by atoms with Gasteiger partial charge in [0.05, 0.1) is 34.8 Å². The maximum atomic E-state index is 13.2. The van der Waals surface area contributed by atoms with E-state index in [1.165, 1.54) is 51.1 Å². The second-order valence-corrected chi connectivity index (χ2v) is 13.2. The Morgan fingerprint density at radius 3 is 2.14 bits per heavy atom. The van der Waals surface area contributed by atoms with E-state index in [2.05, 4.69) is 5.32 Å². The third kappa shape index (κ3) is 6.32. The molecular formula is C25H33N3O7S2. The van der Waals surface area contributed by atoms with E-state index in [0.717, 1.165) is 19.3 Å². The molecule has 0 unspecified atom stereocenters. The third-order valence-electron chi connectivity index (χ3n) is 6.22. The predicted octanol–water partition coefficient (Wildman–Crippen LogP) is 2.92. The summed E-state index contributed by atoms with van der Waals surface area (Å²) in [7, 11) is -7.53. The van der Waals surface area contributed by atoms with Crippen molar-refractivity contribution in [1.82, 2.24) is 8.61 Å². The first-order chi connectivity index (χ1) is 17.6. The fourth-order valence-corrected chi connectivity index (χ4v) is 7.30. The fourth-order valence-electron chi connectivity index (χ4n) is 4.31. The largest absolute Gasteiger partial charge is 0.489 e. The zero-order valence-corrected chi connectivity index (χ0v) is 22.7. The highest BCUT2D eigenvalue weighted by Gasteiger charge is 2.29. The van der Waals surface area contributed by atoms with Crippen LogP contribution in [0.1, 0.15) is 43.5 Å². The van der Waals surface area contributed by atoms with Crippen LogP contribution in [-0.4, -0.2) is 76.8 Å². The van der Waals surface area contributed by atoms with Crippen LogP contribution in [0.15, 0.2) is 52.3 Å². The van der Waals surface area contributed by atoms with Crippen molar-refractivity contribution in [2.24, 2.45) is 0 Å². The van der Waals surface area contributed by atoms with Gasteiger partial charge in [0.15, 0.2) is 0 Å². The highest BCUT2D eigenvalue weighted by Crippen LogP contribution is 2.31. The van der Waals surface area contributed by atoms with Gasteiger partial charge < -0.3 is 14.8 Å². The van der Waals surface area contributed by atoms with Gasteiger partial charge in [-0.05, 0) is 63.1 Å². The van der Waals surface area contributed by atoms with Crippen LogP contribution in [0.3, 0.4) is 0 Å². The van der Waals surface area contributed by atoms with Crippen LogP contribution in [0.5, 0.6) is 5.75 Å². The minimum atomic E-state index is -3.79. The Hall–Kier alpha value is -2.51. The van der Waals surface area contributed by atoms with Crippen molar-refractivity contribution in [3.05, 3.63) is 48.0 Å². The normalized spacial score (nSPS) is 18.0. The molecule has 4 rings (SSSR count). The molecule has 0 saturated carbocycles. The van der Waals surface area contributed by atoms with E-state index in [0.29, 0.717) is 32.1 Å². The van der Waals surface area contributed by atoms with Crippen molar-refractivity contribution in [2.75, 3.05) is 44.7 Å². The van der Waals surface area contributed by atoms with E-state index >= 15 is 0 Å². The number of sulfonamides is 2. The summed E-state index contributed by atoms with van der Waals surface area (Å²) in [6.45, 7) is 5.68. The highest BCUT2D eigenvalue weighted by molar-refractivity contribution is 7.89. The first-order valence-corrected chi connectivity index (χ1v) is 15.3. The van der Waals surface area contributed by atoms with E-state index in [-0.39, 0.29) is 40.2 Å². The molecule has 0 spiro atoms. The van der Waals surface area contributed by atoms with E-state index in [9.17, 15) is 21.6 Å². The molecule has 2 fully saturated rings. The zero-order valence-electron chi connectivity index (χ0n) is 21.1. The number of carbonyl (C=O) groups is 1. The van der Waals surface area contributed by atoms with Crippen LogP contribution in [0.4, 0.5) is 5.69 Å². The summed E-state index contributed by atoms with van der Waals surface area (Å²) in [5.74, 6) is -0.266. The lowest BCUT2D eigenvalue weighted by atomic mass is 10.2. The number of nitrogens with zero attached hydrogens (tertiary/aromatic N) is 2. The fraction of sp³-hybridized carbons (Fsp3) is 0.480. The quantitative estimate of drug-likeness (QED) is 0.535. The molecule has 0 aromatic heterocycles. The van der Waals surface area contributed by atoms with E-state index in [4.69, 9.17) is 9.47 Å². The number of hydrogen-bond acceptors (Lipinski definition) is 7. The Bertz CT molecular complexity index is 1330. The molecule has 1 N–H and O–H groups in total. The first-order valence-electron chi connectivity index (χ1n) is 12.4. The molecule has 0 aliphatic carbocycles. The van der Waals surface area contributed by atoms with Crippen LogP contribution in [0.25, 0.3) is 0 Å². The molecule has 0 atom stereocenters. The molecule has 0 radical (unpaired) electrons. The van der Waals surface area contributed by atoms with Gasteiger partial charge in [-0.3, -0.25) is 4.79 Å². The van der Waals surface area contributed by atoms with Crippen molar-refractivity contribution >= 4 is 31.6 Å². The van der Waals surface area contributed by atoms with Gasteiger partial charge >= 0.3 is 0 Å². The second kappa shape index (κ2) is 11.5. The molecule has 37 heavy (non-hydrogen) atoms. The summed E-state index contributed by atoms with van der Waals surface area (Å²) in [4.78, 5) is 13.3. The zero-order chi connectivity index (χ0) is 26.6. The van der Waals surface area contributed by atoms with Crippen LogP contribution in [0.2, 0.25) is 0 Å². The average Bonchev–Trinajstić information content (AvgIpc) is 2.90. The molecule has 2 saturated heterocycles. The van der Waals surface area contributed by atoms with E-state index in [1.54, 1.807) is 0 Å². The van der Waals surface area contributed by atoms with Gasteiger partial charge in [-0.25, -0.2) is 16.8 Å². The molecule has 202 valence electrons. The van der Waals surface area contributed by atoms with Crippen LogP contribution in [-0.2, 0) is 24.8 Å². The minimum Gasteiger partial charge on any atom is -0.489 e. The van der Waals surface area contributed by atoms with E-state index in [1.807, 2.05) is 13.8 Å². The topological polar surface area (TPSA) is 122 Å². The molecule has 0 bridgehead atoms. The van der Waals surface area contributed by atoms with Gasteiger partial charge in [0.2, 0.25) is 20.0 Å². The van der Waals surface area contributed by atoms with Crippen LogP contribution < -0.4 is 10.1 Å². The summed E-state index contributed by atoms with van der Waals surface area (Å²) in [6.07, 6.45) is 2.39. The molecule has 2 aliphatic heterocycles. The monoisotopic (exact) mass is 551 g/mol. The lowest BCUT2D eigenvalue weighted by molar-refractivity contribution is 0.0730. The molecular weight excluding hydrogens is 518 g/mol. The first kappa shape index (κ1) is 27.5. The van der Waals surface area contributed by atoms with Crippen molar-refractivity contribution in [3.63, 3.8) is 0 Å². The van der Waals surface area contributed by atoms with Crippen molar-refractivity contribution in [3.8, 4) is 5.75 Å². The lowest BCUT2D eigenvalue weighted by Crippen LogP contribution is -2.40. The maximum absolute atomic E-state index is 13.2. The Kier molecular flexibility index (Phi) is 8.54. The molecule has 1 amide bonds. The average molecular weight is 552 g/mol. The summed E-state index contributed by atoms with van der Waals surface area (Å²) in [6, 6.07) is 10.2. The molecule has 10 nitrogen and oxygen atoms in total. The summed E-state index contributed by atoms with van der Waals surface area (Å²) in [5.41, 5.74) is 0.312. The van der Waals surface area contributed by atoms with Crippen molar-refractivity contribution in [2.45, 2.75) is 49.0 Å². The number of anilines is 1. The molecule has 2 aromatic rings. The van der Waals surface area contributed by atoms with Gasteiger partial charge in [-0.15, -0.1) is 0 Å². The summed E-state index contributed by atoms with van der Waals surface area (Å²) >= 11 is 0. The van der Waals surface area contributed by atoms with Gasteiger partial charge in [0.1, 0.15) is 5.75 Å². The second-order valence-electron chi connectivity index (χ2n) is 9.29.